The van der Waals surface area contributed by atoms with E-state index < -0.39 is 42.6 Å². The van der Waals surface area contributed by atoms with Crippen molar-refractivity contribution in [1.82, 2.24) is 19.6 Å². The summed E-state index contributed by atoms with van der Waals surface area (Å²) in [6.07, 6.45) is -0.444. The van der Waals surface area contributed by atoms with Crippen molar-refractivity contribution in [1.29, 1.82) is 0 Å². The molecule has 2 N–H and O–H groups in total. The Morgan fingerprint density at radius 2 is 1.00 bits per heavy atom. The van der Waals surface area contributed by atoms with Gasteiger partial charge in [-0.05, 0) is 37.1 Å². The molecule has 44 heavy (non-hydrogen) atoms. The van der Waals surface area contributed by atoms with Crippen molar-refractivity contribution < 1.29 is 19.2 Å². The van der Waals surface area contributed by atoms with Gasteiger partial charge in [-0.1, -0.05) is 79.6 Å². The molecule has 0 aliphatic carbocycles. The number of rotatable bonds is 1. The van der Waals surface area contributed by atoms with Gasteiger partial charge in [0.25, 0.3) is 23.6 Å². The molecule has 14 heteroatoms. The highest BCUT2D eigenvalue weighted by Crippen LogP contribution is 2.78. The number of amides is 4. The van der Waals surface area contributed by atoms with Gasteiger partial charge in [-0.3, -0.25) is 29.0 Å². The highest BCUT2D eigenvalue weighted by Gasteiger charge is 2.87. The van der Waals surface area contributed by atoms with Crippen LogP contribution in [0.15, 0.2) is 48.5 Å². The van der Waals surface area contributed by atoms with Crippen molar-refractivity contribution >= 4 is 78.2 Å². The Morgan fingerprint density at radius 1 is 0.614 bits per heavy atom. The molecule has 4 bridgehead atoms. The number of piperazine rings is 2. The van der Waals surface area contributed by atoms with Crippen LogP contribution in [0, 0.1) is 0 Å². The molecule has 8 atom stereocenters. The third-order valence-electron chi connectivity index (χ3n) is 11.9. The quantitative estimate of drug-likeness (QED) is 0.441. The molecule has 10 heterocycles. The van der Waals surface area contributed by atoms with E-state index in [-0.39, 0.29) is 23.6 Å². The second-order valence-corrected chi connectivity index (χ2v) is 19.0. The molecule has 4 unspecified atom stereocenters. The lowest BCUT2D eigenvalue weighted by Gasteiger charge is -2.57. The molecule has 2 aromatic rings. The molecule has 8 saturated heterocycles. The minimum Gasteiger partial charge on any atom is -0.364 e. The number of benzene rings is 2. The summed E-state index contributed by atoms with van der Waals surface area (Å²) in [6, 6.07) is 16.3. The van der Waals surface area contributed by atoms with E-state index in [1.54, 1.807) is 23.9 Å². The third kappa shape index (κ3) is 2.30. The SMILES string of the molecule is CN1C(=O)C23C[C@]4([C@]56CC78SSC(C)(C(=O)N7[C@H]5Nc5ccccc56)N(C)C8=O)c5ccccc5N[C@@H]4N2C(=O)C1(C)SS3. The first-order chi connectivity index (χ1) is 20.9. The molecular formula is C30H28N6O4S4. The largest absolute Gasteiger partial charge is 0.364 e. The van der Waals surface area contributed by atoms with E-state index in [4.69, 9.17) is 0 Å². The summed E-state index contributed by atoms with van der Waals surface area (Å²) < 4.78 is 0. The zero-order valence-electron chi connectivity index (χ0n) is 24.2. The molecule has 0 radical (unpaired) electrons. The molecule has 2 aromatic carbocycles. The third-order valence-corrected chi connectivity index (χ3v) is 19.3. The second kappa shape index (κ2) is 7.48. The van der Waals surface area contributed by atoms with Gasteiger partial charge < -0.3 is 20.4 Å². The molecule has 10 aliphatic heterocycles. The normalized spacial score (nSPS) is 45.2. The van der Waals surface area contributed by atoms with Crippen LogP contribution in [-0.2, 0) is 30.0 Å². The average molecular weight is 665 g/mol. The monoisotopic (exact) mass is 664 g/mol. The molecule has 12 rings (SSSR count). The zero-order chi connectivity index (χ0) is 30.4. The predicted molar refractivity (Wildman–Crippen MR) is 172 cm³/mol. The number of anilines is 2. The van der Waals surface area contributed by atoms with E-state index in [0.29, 0.717) is 12.8 Å². The number of nitrogens with one attached hydrogen (secondary N) is 2. The molecule has 226 valence electrons. The summed E-state index contributed by atoms with van der Waals surface area (Å²) in [4.78, 5) is 60.7. The van der Waals surface area contributed by atoms with Crippen molar-refractivity contribution in [2.45, 2.75) is 69.3 Å². The van der Waals surface area contributed by atoms with Crippen LogP contribution in [0.25, 0.3) is 0 Å². The highest BCUT2D eigenvalue weighted by molar-refractivity contribution is 8.78. The van der Waals surface area contributed by atoms with Gasteiger partial charge in [0, 0.05) is 38.3 Å². The van der Waals surface area contributed by atoms with E-state index in [9.17, 15) is 19.2 Å². The summed E-state index contributed by atoms with van der Waals surface area (Å²) in [5.41, 5.74) is 2.14. The molecule has 0 saturated carbocycles. The van der Waals surface area contributed by atoms with Crippen LogP contribution in [0.4, 0.5) is 11.4 Å². The van der Waals surface area contributed by atoms with Crippen molar-refractivity contribution in [2.75, 3.05) is 24.7 Å². The van der Waals surface area contributed by atoms with Crippen molar-refractivity contribution in [3.05, 3.63) is 59.7 Å². The molecular weight excluding hydrogens is 637 g/mol. The number of carbonyl (C=O) groups is 4. The van der Waals surface area contributed by atoms with Crippen LogP contribution in [0.1, 0.15) is 37.8 Å². The van der Waals surface area contributed by atoms with Crippen LogP contribution < -0.4 is 10.6 Å². The van der Waals surface area contributed by atoms with E-state index in [2.05, 4.69) is 22.8 Å². The van der Waals surface area contributed by atoms with Gasteiger partial charge >= 0.3 is 0 Å². The minimum atomic E-state index is -1.14. The van der Waals surface area contributed by atoms with Gasteiger partial charge in [0.2, 0.25) is 0 Å². The first-order valence-corrected chi connectivity index (χ1v) is 18.9. The lowest BCUT2D eigenvalue weighted by Crippen LogP contribution is -2.75. The average Bonchev–Trinajstić information content (AvgIpc) is 3.70. The molecule has 10 nitrogen and oxygen atoms in total. The molecule has 10 aliphatic rings. The topological polar surface area (TPSA) is 105 Å². The number of nitrogens with zero attached hydrogens (tertiary/aromatic N) is 4. The van der Waals surface area contributed by atoms with Gasteiger partial charge in [0.15, 0.2) is 19.5 Å². The number of hydrogen-bond donors (Lipinski definition) is 2. The first kappa shape index (κ1) is 26.5. The predicted octanol–water partition coefficient (Wildman–Crippen LogP) is 3.39. The number of carbonyl (C=O) groups excluding carboxylic acids is 4. The summed E-state index contributed by atoms with van der Waals surface area (Å²) in [5, 5.41) is 7.50. The maximum atomic E-state index is 14.6. The fraction of sp³-hybridized carbons (Fsp3) is 0.467. The van der Waals surface area contributed by atoms with Crippen LogP contribution in [0.3, 0.4) is 0 Å². The molecule has 0 aromatic heterocycles. The maximum Gasteiger partial charge on any atom is 0.262 e. The van der Waals surface area contributed by atoms with Crippen LogP contribution in [0.2, 0.25) is 0 Å². The van der Waals surface area contributed by atoms with Gasteiger partial charge in [-0.25, -0.2) is 0 Å². The molecule has 2 spiro atoms. The van der Waals surface area contributed by atoms with Crippen LogP contribution in [0.5, 0.6) is 0 Å². The standard InChI is InChI=1S/C30H28N6O4S4/c1-25-21(37)35-19-27(15-9-5-7-11-17(15)31-19,13-29(35,43-41-25)23(39)33(25)3)28-14-30-24(40)34(4)26(2,42-44-30)22(38)36(30)20(28)32-18-12-8-6-10-16(18)28/h5-12,19-20,31-32H,13-14H2,1-4H3/t19-,20-,25?,26?,27+,28+,29?,30?/m1/s1. The Bertz CT molecular complexity index is 1700. The number of para-hydroxylation sites is 2. The van der Waals surface area contributed by atoms with Crippen molar-refractivity contribution in [3.63, 3.8) is 0 Å². The van der Waals surface area contributed by atoms with E-state index in [0.717, 1.165) is 22.5 Å². The highest BCUT2D eigenvalue weighted by atomic mass is 33.1. The van der Waals surface area contributed by atoms with Crippen molar-refractivity contribution in [3.8, 4) is 0 Å². The first-order valence-electron chi connectivity index (χ1n) is 14.6. The zero-order valence-corrected chi connectivity index (χ0v) is 27.5. The fourth-order valence-electron chi connectivity index (χ4n) is 9.67. The lowest BCUT2D eigenvalue weighted by molar-refractivity contribution is -0.163. The number of likely N-dealkylation sites (N-methyl/N-ethyl adjacent to an activating group) is 2. The lowest BCUT2D eigenvalue weighted by atomic mass is 9.54. The molecule has 8 fully saturated rings. The maximum absolute atomic E-state index is 14.6. The molecule has 4 amide bonds. The van der Waals surface area contributed by atoms with E-state index >= 15 is 0 Å². The Labute approximate surface area is 269 Å². The van der Waals surface area contributed by atoms with Crippen LogP contribution in [-0.4, -0.2) is 89.1 Å². The van der Waals surface area contributed by atoms with Gasteiger partial charge in [-0.15, -0.1) is 0 Å². The summed E-state index contributed by atoms with van der Waals surface area (Å²) in [5.74, 6) is -0.353. The smallest absolute Gasteiger partial charge is 0.262 e. The van der Waals surface area contributed by atoms with Gasteiger partial charge in [0.1, 0.15) is 12.3 Å². The van der Waals surface area contributed by atoms with E-state index in [1.807, 2.05) is 60.0 Å². The Morgan fingerprint density at radius 3 is 1.41 bits per heavy atom. The fourth-order valence-corrected chi connectivity index (χ4v) is 16.7. The minimum absolute atomic E-state index is 0.0808. The van der Waals surface area contributed by atoms with E-state index in [1.165, 1.54) is 43.2 Å². The number of fused-ring (bicyclic) bond motifs is 11. The second-order valence-electron chi connectivity index (χ2n) is 13.4. The summed E-state index contributed by atoms with van der Waals surface area (Å²) >= 11 is 0. The van der Waals surface area contributed by atoms with Gasteiger partial charge in [-0.2, -0.15) is 0 Å². The Kier molecular flexibility index (Phi) is 4.51. The van der Waals surface area contributed by atoms with Gasteiger partial charge in [0.05, 0.1) is 10.8 Å². The Hall–Kier alpha value is -2.68. The van der Waals surface area contributed by atoms with Crippen molar-refractivity contribution in [2.24, 2.45) is 0 Å². The Balaban J connectivity index is 1.31. The number of hydrogen-bond acceptors (Lipinski definition) is 10. The summed E-state index contributed by atoms with van der Waals surface area (Å²) in [7, 11) is 9.36. The van der Waals surface area contributed by atoms with Crippen LogP contribution >= 0.6 is 43.2 Å². The summed E-state index contributed by atoms with van der Waals surface area (Å²) in [6.45, 7) is 3.66.